The highest BCUT2D eigenvalue weighted by molar-refractivity contribution is 6.01. The third-order valence-electron chi connectivity index (χ3n) is 4.29. The van der Waals surface area contributed by atoms with Crippen molar-refractivity contribution in [3.05, 3.63) is 60.2 Å². The number of nitrogens with one attached hydrogen (secondary N) is 2. The SMILES string of the molecule is CCOc1ccc(N2C[C@@H](C(=O)NNC(=O)c3ccccc3)CC2=O)cc1. The summed E-state index contributed by atoms with van der Waals surface area (Å²) in [5.41, 5.74) is 5.94. The number of benzene rings is 2. The Balaban J connectivity index is 1.56. The second kappa shape index (κ2) is 8.35. The maximum atomic E-state index is 12.3. The molecule has 1 atom stereocenters. The lowest BCUT2D eigenvalue weighted by Crippen LogP contribution is -2.45. The molecule has 1 aliphatic rings. The van der Waals surface area contributed by atoms with Crippen molar-refractivity contribution in [2.75, 3.05) is 18.1 Å². The number of hydrogen-bond donors (Lipinski definition) is 2. The summed E-state index contributed by atoms with van der Waals surface area (Å²) in [4.78, 5) is 38.2. The van der Waals surface area contributed by atoms with Crippen molar-refractivity contribution in [3.63, 3.8) is 0 Å². The average Bonchev–Trinajstić information content (AvgIpc) is 3.09. The van der Waals surface area contributed by atoms with Gasteiger partial charge in [-0.2, -0.15) is 0 Å². The number of anilines is 1. The number of carbonyl (C=O) groups is 3. The normalized spacial score (nSPS) is 16.1. The van der Waals surface area contributed by atoms with Crippen LogP contribution >= 0.6 is 0 Å². The summed E-state index contributed by atoms with van der Waals surface area (Å²) in [6, 6.07) is 15.7. The van der Waals surface area contributed by atoms with E-state index in [-0.39, 0.29) is 24.8 Å². The van der Waals surface area contributed by atoms with Crippen LogP contribution in [-0.2, 0) is 9.59 Å². The highest BCUT2D eigenvalue weighted by atomic mass is 16.5. The Hall–Kier alpha value is -3.35. The number of hydrogen-bond acceptors (Lipinski definition) is 4. The van der Waals surface area contributed by atoms with Gasteiger partial charge >= 0.3 is 0 Å². The molecule has 0 radical (unpaired) electrons. The smallest absolute Gasteiger partial charge is 0.269 e. The van der Waals surface area contributed by atoms with Crippen LogP contribution in [0.5, 0.6) is 5.75 Å². The minimum absolute atomic E-state index is 0.0975. The van der Waals surface area contributed by atoms with E-state index in [9.17, 15) is 14.4 Å². The molecule has 140 valence electrons. The summed E-state index contributed by atoms with van der Waals surface area (Å²) >= 11 is 0. The van der Waals surface area contributed by atoms with E-state index in [1.165, 1.54) is 0 Å². The molecule has 0 aliphatic carbocycles. The first-order valence-electron chi connectivity index (χ1n) is 8.77. The maximum Gasteiger partial charge on any atom is 0.269 e. The largest absolute Gasteiger partial charge is 0.494 e. The van der Waals surface area contributed by atoms with Crippen LogP contribution in [0.4, 0.5) is 5.69 Å². The fraction of sp³-hybridized carbons (Fsp3) is 0.250. The minimum Gasteiger partial charge on any atom is -0.494 e. The van der Waals surface area contributed by atoms with Crippen molar-refractivity contribution >= 4 is 23.4 Å². The molecule has 0 bridgehead atoms. The van der Waals surface area contributed by atoms with Crippen molar-refractivity contribution in [2.45, 2.75) is 13.3 Å². The van der Waals surface area contributed by atoms with E-state index >= 15 is 0 Å². The van der Waals surface area contributed by atoms with Gasteiger partial charge in [0.15, 0.2) is 0 Å². The Morgan fingerprint density at radius 2 is 1.78 bits per heavy atom. The number of amides is 3. The molecule has 7 heteroatoms. The monoisotopic (exact) mass is 367 g/mol. The molecule has 2 N–H and O–H groups in total. The topological polar surface area (TPSA) is 87.7 Å². The van der Waals surface area contributed by atoms with Gasteiger partial charge in [0.25, 0.3) is 5.91 Å². The highest BCUT2D eigenvalue weighted by Crippen LogP contribution is 2.26. The Labute approximate surface area is 157 Å². The van der Waals surface area contributed by atoms with Gasteiger partial charge in [0.05, 0.1) is 12.5 Å². The fourth-order valence-corrected chi connectivity index (χ4v) is 2.90. The predicted molar refractivity (Wildman–Crippen MR) is 100 cm³/mol. The first kappa shape index (κ1) is 18.4. The molecule has 3 amide bonds. The molecule has 7 nitrogen and oxygen atoms in total. The zero-order valence-electron chi connectivity index (χ0n) is 15.0. The van der Waals surface area contributed by atoms with Gasteiger partial charge in [-0.25, -0.2) is 0 Å². The Morgan fingerprint density at radius 1 is 1.07 bits per heavy atom. The second-order valence-electron chi connectivity index (χ2n) is 6.14. The lowest BCUT2D eigenvalue weighted by Gasteiger charge is -2.17. The lowest BCUT2D eigenvalue weighted by atomic mass is 10.1. The number of hydrazine groups is 1. The molecule has 3 rings (SSSR count). The lowest BCUT2D eigenvalue weighted by molar-refractivity contribution is -0.126. The van der Waals surface area contributed by atoms with Gasteiger partial charge < -0.3 is 9.64 Å². The van der Waals surface area contributed by atoms with Crippen LogP contribution in [0.15, 0.2) is 54.6 Å². The molecule has 1 saturated heterocycles. The molecule has 1 aliphatic heterocycles. The zero-order chi connectivity index (χ0) is 19.2. The quantitative estimate of drug-likeness (QED) is 0.790. The first-order valence-corrected chi connectivity index (χ1v) is 8.77. The molecule has 0 unspecified atom stereocenters. The maximum absolute atomic E-state index is 12.3. The van der Waals surface area contributed by atoms with E-state index in [0.717, 1.165) is 5.75 Å². The first-order chi connectivity index (χ1) is 13.1. The van der Waals surface area contributed by atoms with E-state index in [1.807, 2.05) is 6.92 Å². The molecular formula is C20H21N3O4. The van der Waals surface area contributed by atoms with Crippen LogP contribution in [0, 0.1) is 5.92 Å². The van der Waals surface area contributed by atoms with Gasteiger partial charge in [-0.3, -0.25) is 25.2 Å². The number of carbonyl (C=O) groups excluding carboxylic acids is 3. The van der Waals surface area contributed by atoms with Gasteiger partial charge in [0.2, 0.25) is 11.8 Å². The van der Waals surface area contributed by atoms with E-state index in [1.54, 1.807) is 59.5 Å². The summed E-state index contributed by atoms with van der Waals surface area (Å²) in [6.45, 7) is 2.73. The molecule has 2 aromatic rings. The van der Waals surface area contributed by atoms with Gasteiger partial charge in [0.1, 0.15) is 5.75 Å². The average molecular weight is 367 g/mol. The molecule has 1 fully saturated rings. The van der Waals surface area contributed by atoms with E-state index in [4.69, 9.17) is 4.74 Å². The third-order valence-corrected chi connectivity index (χ3v) is 4.29. The zero-order valence-corrected chi connectivity index (χ0v) is 15.0. The van der Waals surface area contributed by atoms with E-state index in [0.29, 0.717) is 17.9 Å². The van der Waals surface area contributed by atoms with E-state index < -0.39 is 11.8 Å². The fourth-order valence-electron chi connectivity index (χ4n) is 2.90. The van der Waals surface area contributed by atoms with Crippen molar-refractivity contribution in [1.29, 1.82) is 0 Å². The predicted octanol–water partition coefficient (Wildman–Crippen LogP) is 1.90. The molecule has 1 heterocycles. The van der Waals surface area contributed by atoms with Crippen LogP contribution in [-0.4, -0.2) is 30.9 Å². The molecular weight excluding hydrogens is 346 g/mol. The summed E-state index contributed by atoms with van der Waals surface area (Å²) in [5.74, 6) is -0.725. The summed E-state index contributed by atoms with van der Waals surface area (Å²) in [6.07, 6.45) is 0.0975. The Morgan fingerprint density at radius 3 is 2.44 bits per heavy atom. The van der Waals surface area contributed by atoms with Crippen LogP contribution < -0.4 is 20.5 Å². The molecule has 27 heavy (non-hydrogen) atoms. The van der Waals surface area contributed by atoms with Crippen molar-refractivity contribution in [1.82, 2.24) is 10.9 Å². The van der Waals surface area contributed by atoms with E-state index in [2.05, 4.69) is 10.9 Å². The van der Waals surface area contributed by atoms with Gasteiger partial charge in [0, 0.05) is 24.2 Å². The number of rotatable bonds is 5. The van der Waals surface area contributed by atoms with Crippen LogP contribution in [0.3, 0.4) is 0 Å². The van der Waals surface area contributed by atoms with Crippen LogP contribution in [0.25, 0.3) is 0 Å². The van der Waals surface area contributed by atoms with Crippen LogP contribution in [0.1, 0.15) is 23.7 Å². The second-order valence-corrected chi connectivity index (χ2v) is 6.14. The molecule has 2 aromatic carbocycles. The summed E-state index contributed by atoms with van der Waals surface area (Å²) in [5, 5.41) is 0. The third kappa shape index (κ3) is 4.44. The number of nitrogens with zero attached hydrogens (tertiary/aromatic N) is 1. The number of ether oxygens (including phenoxy) is 1. The Bertz CT molecular complexity index is 821. The van der Waals surface area contributed by atoms with Crippen LogP contribution in [0.2, 0.25) is 0 Å². The highest BCUT2D eigenvalue weighted by Gasteiger charge is 2.35. The van der Waals surface area contributed by atoms with Crippen molar-refractivity contribution < 1.29 is 19.1 Å². The minimum atomic E-state index is -0.528. The van der Waals surface area contributed by atoms with Gasteiger partial charge in [-0.1, -0.05) is 18.2 Å². The van der Waals surface area contributed by atoms with Gasteiger partial charge in [-0.15, -0.1) is 0 Å². The van der Waals surface area contributed by atoms with Gasteiger partial charge in [-0.05, 0) is 43.3 Å². The molecule has 0 aromatic heterocycles. The summed E-state index contributed by atoms with van der Waals surface area (Å²) in [7, 11) is 0. The standard InChI is InChI=1S/C20H21N3O4/c1-2-27-17-10-8-16(9-11-17)23-13-15(12-18(23)24)20(26)22-21-19(25)14-6-4-3-5-7-14/h3-11,15H,2,12-13H2,1H3,(H,21,25)(H,22,26)/t15-/m0/s1. The molecule has 0 spiro atoms. The molecule has 0 saturated carbocycles. The summed E-state index contributed by atoms with van der Waals surface area (Å²) < 4.78 is 5.39. The van der Waals surface area contributed by atoms with Crippen molar-refractivity contribution in [2.24, 2.45) is 5.92 Å². The Kier molecular flexibility index (Phi) is 5.71. The van der Waals surface area contributed by atoms with Crippen molar-refractivity contribution in [3.8, 4) is 5.75 Å².